The summed E-state index contributed by atoms with van der Waals surface area (Å²) in [5.41, 5.74) is 9.15. The Hall–Kier alpha value is -5.79. The van der Waals surface area contributed by atoms with Gasteiger partial charge in [-0.3, -0.25) is 19.2 Å². The topological polar surface area (TPSA) is 212 Å². The standard InChI is InChI=1S/C44H56N6O7/c1-27(2)38(26-51)48-41(53)37(24-32-20-13-19-31-18-11-12-21-33(31)32)46-39(52)25-34(45)35(22-29-14-7-5-8-15-29)47-43(55)40(28(3)4)50-42(54)36(49-44(56)57)23-30-16-9-6-10-17-30/h5-21,27-28,34-38,40,49,51H,22-26,45H2,1-4H3,(H,46,52)(H,47,55)(H,48,53)(H,50,54)(H,56,57)/t34?,35?,36-,37-,38+,40?/m0/s1. The molecule has 0 saturated carbocycles. The van der Waals surface area contributed by atoms with E-state index in [0.717, 1.165) is 27.5 Å². The molecule has 9 N–H and O–H groups in total. The molecule has 13 nitrogen and oxygen atoms in total. The van der Waals surface area contributed by atoms with E-state index < -0.39 is 71.9 Å². The van der Waals surface area contributed by atoms with Gasteiger partial charge in [-0.2, -0.15) is 0 Å². The van der Waals surface area contributed by atoms with Gasteiger partial charge in [0.15, 0.2) is 0 Å². The third-order valence-corrected chi connectivity index (χ3v) is 9.99. The van der Waals surface area contributed by atoms with E-state index in [1.54, 1.807) is 38.1 Å². The van der Waals surface area contributed by atoms with Gasteiger partial charge in [0.1, 0.15) is 18.1 Å². The van der Waals surface area contributed by atoms with Crippen LogP contribution in [0, 0.1) is 11.8 Å². The molecule has 4 rings (SSSR count). The van der Waals surface area contributed by atoms with Crippen LogP contribution >= 0.6 is 0 Å². The molecule has 0 radical (unpaired) electrons. The van der Waals surface area contributed by atoms with Crippen LogP contribution < -0.4 is 32.3 Å². The summed E-state index contributed by atoms with van der Waals surface area (Å²) < 4.78 is 0. The van der Waals surface area contributed by atoms with Crippen LogP contribution in [0.3, 0.4) is 0 Å². The van der Waals surface area contributed by atoms with E-state index in [0.29, 0.717) is 0 Å². The summed E-state index contributed by atoms with van der Waals surface area (Å²) in [5.74, 6) is -2.67. The largest absolute Gasteiger partial charge is 0.465 e. The predicted molar refractivity (Wildman–Crippen MR) is 220 cm³/mol. The quantitative estimate of drug-likeness (QED) is 0.0664. The van der Waals surface area contributed by atoms with Gasteiger partial charge >= 0.3 is 6.09 Å². The molecule has 3 unspecified atom stereocenters. The number of carbonyl (C=O) groups excluding carboxylic acids is 4. The number of amides is 5. The van der Waals surface area contributed by atoms with Crippen molar-refractivity contribution < 1.29 is 34.2 Å². The first kappa shape index (κ1) is 43.9. The molecular weight excluding hydrogens is 725 g/mol. The number of aliphatic hydroxyl groups excluding tert-OH is 1. The number of carbonyl (C=O) groups is 5. The molecule has 13 heteroatoms. The lowest BCUT2D eigenvalue weighted by Crippen LogP contribution is -2.59. The average molecular weight is 781 g/mol. The lowest BCUT2D eigenvalue weighted by Gasteiger charge is -2.30. The van der Waals surface area contributed by atoms with Gasteiger partial charge in [-0.1, -0.05) is 131 Å². The molecule has 0 spiro atoms. The van der Waals surface area contributed by atoms with E-state index >= 15 is 0 Å². The van der Waals surface area contributed by atoms with Crippen LogP contribution in [0.4, 0.5) is 4.79 Å². The second kappa shape index (κ2) is 21.5. The zero-order valence-corrected chi connectivity index (χ0v) is 33.0. The summed E-state index contributed by atoms with van der Waals surface area (Å²) in [4.78, 5) is 66.7. The van der Waals surface area contributed by atoms with E-state index in [1.807, 2.05) is 92.7 Å². The molecule has 0 saturated heterocycles. The normalized spacial score (nSPS) is 14.5. The SMILES string of the molecule is CC(C)C(NC(=O)[C@H](Cc1ccccc1)NC(=O)O)C(=O)NC(Cc1ccccc1)C(N)CC(=O)N[C@@H](Cc1cccc2ccccc12)C(=O)N[C@H](CO)C(C)C. The maximum absolute atomic E-state index is 14.0. The molecule has 57 heavy (non-hydrogen) atoms. The molecule has 304 valence electrons. The number of hydrogen-bond acceptors (Lipinski definition) is 7. The Morgan fingerprint density at radius 1 is 0.579 bits per heavy atom. The summed E-state index contributed by atoms with van der Waals surface area (Å²) in [5, 5.41) is 35.1. The van der Waals surface area contributed by atoms with Gasteiger partial charge in [0.05, 0.1) is 12.6 Å². The predicted octanol–water partition coefficient (Wildman–Crippen LogP) is 3.46. The fourth-order valence-corrected chi connectivity index (χ4v) is 6.66. The van der Waals surface area contributed by atoms with E-state index in [-0.39, 0.29) is 38.2 Å². The van der Waals surface area contributed by atoms with Crippen molar-refractivity contribution in [2.24, 2.45) is 17.6 Å². The number of benzene rings is 4. The van der Waals surface area contributed by atoms with E-state index in [2.05, 4.69) is 26.6 Å². The molecular formula is C44H56N6O7. The number of rotatable bonds is 20. The number of nitrogens with one attached hydrogen (secondary N) is 5. The third kappa shape index (κ3) is 13.4. The highest BCUT2D eigenvalue weighted by Gasteiger charge is 2.33. The summed E-state index contributed by atoms with van der Waals surface area (Å²) in [7, 11) is 0. The van der Waals surface area contributed by atoms with E-state index in [9.17, 15) is 34.2 Å². The van der Waals surface area contributed by atoms with Gasteiger partial charge in [0.25, 0.3) is 0 Å². The van der Waals surface area contributed by atoms with Gasteiger partial charge in [0.2, 0.25) is 23.6 Å². The fourth-order valence-electron chi connectivity index (χ4n) is 6.66. The lowest BCUT2D eigenvalue weighted by atomic mass is 9.95. The van der Waals surface area contributed by atoms with Crippen LogP contribution in [0.5, 0.6) is 0 Å². The summed E-state index contributed by atoms with van der Waals surface area (Å²) in [6.07, 6.45) is -1.14. The van der Waals surface area contributed by atoms with Gasteiger partial charge in [-0.25, -0.2) is 4.79 Å². The minimum atomic E-state index is -1.38. The number of nitrogens with two attached hydrogens (primary N) is 1. The zero-order valence-electron chi connectivity index (χ0n) is 33.0. The molecule has 6 atom stereocenters. The Morgan fingerprint density at radius 3 is 1.72 bits per heavy atom. The number of aliphatic hydroxyl groups is 1. The molecule has 0 aliphatic rings. The first-order valence-corrected chi connectivity index (χ1v) is 19.4. The molecule has 0 aliphatic carbocycles. The van der Waals surface area contributed by atoms with Crippen molar-refractivity contribution in [1.82, 2.24) is 26.6 Å². The fraction of sp³-hybridized carbons (Fsp3) is 0.386. The van der Waals surface area contributed by atoms with Crippen LogP contribution in [0.15, 0.2) is 103 Å². The second-order valence-corrected chi connectivity index (χ2v) is 15.1. The summed E-state index contributed by atoms with van der Waals surface area (Å²) >= 11 is 0. The molecule has 0 bridgehead atoms. The van der Waals surface area contributed by atoms with Crippen molar-refractivity contribution in [3.8, 4) is 0 Å². The van der Waals surface area contributed by atoms with Crippen molar-refractivity contribution in [3.05, 3.63) is 120 Å². The van der Waals surface area contributed by atoms with Crippen molar-refractivity contribution >= 4 is 40.5 Å². The molecule has 0 aliphatic heterocycles. The Balaban J connectivity index is 1.54. The Bertz CT molecular complexity index is 1940. The molecule has 5 amide bonds. The first-order valence-electron chi connectivity index (χ1n) is 19.4. The lowest BCUT2D eigenvalue weighted by molar-refractivity contribution is -0.131. The highest BCUT2D eigenvalue weighted by atomic mass is 16.4. The molecule has 0 fully saturated rings. The van der Waals surface area contributed by atoms with Crippen LogP contribution in [0.2, 0.25) is 0 Å². The minimum absolute atomic E-state index is 0.0636. The number of fused-ring (bicyclic) bond motifs is 1. The van der Waals surface area contributed by atoms with Gasteiger partial charge < -0.3 is 42.5 Å². The molecule has 4 aromatic carbocycles. The summed E-state index contributed by atoms with van der Waals surface area (Å²) in [6, 6.07) is 26.3. The Labute approximate surface area is 334 Å². The zero-order chi connectivity index (χ0) is 41.5. The summed E-state index contributed by atoms with van der Waals surface area (Å²) in [6.45, 7) is 6.99. The van der Waals surface area contributed by atoms with Gasteiger partial charge in [-0.15, -0.1) is 0 Å². The average Bonchev–Trinajstić information content (AvgIpc) is 3.18. The van der Waals surface area contributed by atoms with E-state index in [1.165, 1.54) is 0 Å². The van der Waals surface area contributed by atoms with Crippen LogP contribution in [-0.2, 0) is 38.4 Å². The smallest absolute Gasteiger partial charge is 0.405 e. The van der Waals surface area contributed by atoms with E-state index in [4.69, 9.17) is 5.73 Å². The van der Waals surface area contributed by atoms with Crippen LogP contribution in [-0.4, -0.2) is 82.8 Å². The van der Waals surface area contributed by atoms with Gasteiger partial charge in [-0.05, 0) is 45.7 Å². The van der Waals surface area contributed by atoms with Crippen molar-refractivity contribution in [2.75, 3.05) is 6.61 Å². The maximum atomic E-state index is 14.0. The van der Waals surface area contributed by atoms with Crippen molar-refractivity contribution in [1.29, 1.82) is 0 Å². The first-order chi connectivity index (χ1) is 27.2. The number of carboxylic acid groups (broad SMARTS) is 1. The second-order valence-electron chi connectivity index (χ2n) is 15.1. The van der Waals surface area contributed by atoms with Crippen molar-refractivity contribution in [2.45, 2.75) is 89.6 Å². The Kier molecular flexibility index (Phi) is 16.6. The molecule has 0 aromatic heterocycles. The van der Waals surface area contributed by atoms with Crippen LogP contribution in [0.1, 0.15) is 50.8 Å². The van der Waals surface area contributed by atoms with Gasteiger partial charge in [0, 0.05) is 31.3 Å². The monoisotopic (exact) mass is 780 g/mol. The third-order valence-electron chi connectivity index (χ3n) is 9.99. The molecule has 4 aromatic rings. The molecule has 0 heterocycles. The Morgan fingerprint density at radius 2 is 1.12 bits per heavy atom. The van der Waals surface area contributed by atoms with Crippen molar-refractivity contribution in [3.63, 3.8) is 0 Å². The highest BCUT2D eigenvalue weighted by molar-refractivity contribution is 5.92. The maximum Gasteiger partial charge on any atom is 0.405 e. The minimum Gasteiger partial charge on any atom is -0.465 e. The van der Waals surface area contributed by atoms with Crippen LogP contribution in [0.25, 0.3) is 10.8 Å². The number of hydrogen-bond donors (Lipinski definition) is 8. The highest BCUT2D eigenvalue weighted by Crippen LogP contribution is 2.20.